The number of aliphatic carboxylic acids is 1. The molecule has 2 aromatic rings. The van der Waals surface area contributed by atoms with Gasteiger partial charge in [0.2, 0.25) is 11.7 Å². The second-order valence-corrected chi connectivity index (χ2v) is 12.6. The molecule has 5 rings (SSSR count). The zero-order chi connectivity index (χ0) is 35.2. The molecule has 0 radical (unpaired) electrons. The number of carboxylic acids is 1. The molecule has 8 N–H and O–H groups in total. The normalized spacial score (nSPS) is 24.2. The lowest BCUT2D eigenvalue weighted by atomic mass is 9.58. The number of anilines is 1. The second kappa shape index (κ2) is 12.9. The number of nitrogens with one attached hydrogen (secondary N) is 1. The molecule has 0 saturated carbocycles. The molecule has 48 heavy (non-hydrogen) atoms. The van der Waals surface area contributed by atoms with Gasteiger partial charge >= 0.3 is 5.97 Å². The van der Waals surface area contributed by atoms with Crippen LogP contribution in [0.5, 0.6) is 5.75 Å². The third kappa shape index (κ3) is 5.61. The molecule has 4 unspecified atom stereocenters. The first-order chi connectivity index (χ1) is 22.6. The van der Waals surface area contributed by atoms with Crippen LogP contribution in [0.4, 0.5) is 5.69 Å². The molecule has 3 aliphatic carbocycles. The fourth-order valence-electron chi connectivity index (χ4n) is 7.36. The Morgan fingerprint density at radius 2 is 1.73 bits per heavy atom. The van der Waals surface area contributed by atoms with Crippen molar-refractivity contribution >= 4 is 35.0 Å². The van der Waals surface area contributed by atoms with Gasteiger partial charge in [-0.3, -0.25) is 33.8 Å². The lowest BCUT2D eigenvalue weighted by molar-refractivity contribution is -0.148. The summed E-state index contributed by atoms with van der Waals surface area (Å²) in [5, 5.41) is 57.6. The fourth-order valence-corrected chi connectivity index (χ4v) is 7.36. The number of phenolic OH excluding ortho intramolecular Hbond substituents is 1. The number of allylic oxidation sites excluding steroid dienone is 1. The number of benzene rings is 2. The molecule has 0 saturated heterocycles. The maximum atomic E-state index is 14.0. The zero-order valence-electron chi connectivity index (χ0n) is 26.6. The number of aromatic hydroxyl groups is 1. The molecule has 0 spiro atoms. The van der Waals surface area contributed by atoms with Gasteiger partial charge in [0.15, 0.2) is 17.1 Å². The Hall–Kier alpha value is -5.05. The Kier molecular flexibility index (Phi) is 9.19. The highest BCUT2D eigenvalue weighted by molar-refractivity contribution is 6.25. The van der Waals surface area contributed by atoms with E-state index in [2.05, 4.69) is 5.32 Å². The van der Waals surface area contributed by atoms with Crippen LogP contribution in [0.15, 0.2) is 65.1 Å². The summed E-state index contributed by atoms with van der Waals surface area (Å²) in [6, 6.07) is 9.81. The van der Waals surface area contributed by atoms with Gasteiger partial charge in [-0.1, -0.05) is 43.3 Å². The molecular formula is C34H38N4O10. The Morgan fingerprint density at radius 3 is 2.31 bits per heavy atom. The number of amides is 2. The SMILES string of the molecule is CCN(Cc1ccccc1)[C@@H](CC(=O)O)C(=O)Nc1ccc2c(c1O)C(=O)C1=C(O)C3(O)C(=O)C(C(N)=O)=C(O)C(N(C)C)C3CC1C2. The maximum Gasteiger partial charge on any atom is 0.305 e. The lowest BCUT2D eigenvalue weighted by Gasteiger charge is -2.50. The molecule has 2 amide bonds. The second-order valence-electron chi connectivity index (χ2n) is 12.6. The van der Waals surface area contributed by atoms with Crippen LogP contribution in [0.1, 0.15) is 41.3 Å². The largest absolute Gasteiger partial charge is 0.510 e. The molecule has 0 heterocycles. The summed E-state index contributed by atoms with van der Waals surface area (Å²) in [7, 11) is 3.09. The van der Waals surface area contributed by atoms with E-state index in [-0.39, 0.29) is 36.2 Å². The van der Waals surface area contributed by atoms with Crippen LogP contribution >= 0.6 is 0 Å². The van der Waals surface area contributed by atoms with E-state index in [1.54, 1.807) is 25.9 Å². The van der Waals surface area contributed by atoms with E-state index in [0.29, 0.717) is 12.1 Å². The smallest absolute Gasteiger partial charge is 0.305 e. The van der Waals surface area contributed by atoms with Crippen LogP contribution < -0.4 is 11.1 Å². The molecule has 0 aromatic heterocycles. The highest BCUT2D eigenvalue weighted by atomic mass is 16.4. The number of carbonyl (C=O) groups is 5. The van der Waals surface area contributed by atoms with E-state index in [4.69, 9.17) is 5.73 Å². The number of ketones is 2. The van der Waals surface area contributed by atoms with E-state index in [1.807, 2.05) is 30.3 Å². The fraction of sp³-hybridized carbons (Fsp3) is 0.382. The minimum absolute atomic E-state index is 0.0594. The topological polar surface area (TPSA) is 231 Å². The number of hydrogen-bond donors (Lipinski definition) is 7. The number of carboxylic acid groups (broad SMARTS) is 1. The van der Waals surface area contributed by atoms with Crippen LogP contribution in [-0.2, 0) is 32.1 Å². The third-order valence-electron chi connectivity index (χ3n) is 9.60. The van der Waals surface area contributed by atoms with Gasteiger partial charge in [-0.05, 0) is 56.6 Å². The van der Waals surface area contributed by atoms with Crippen LogP contribution in [-0.4, -0.2) is 103 Å². The number of carbonyl (C=O) groups excluding carboxylic acids is 4. The number of Topliss-reactive ketones (excluding diaryl/α,β-unsaturated/α-hetero) is 2. The first-order valence-corrected chi connectivity index (χ1v) is 15.4. The van der Waals surface area contributed by atoms with Crippen molar-refractivity contribution in [3.63, 3.8) is 0 Å². The standard InChI is InChI=1S/C34H38N4O10/c1-4-38(15-16-8-6-5-7-9-16)21(14-22(39)40)33(47)36-20-11-10-17-12-18-13-19-26(37(2)3)29(43)25(32(35)46)31(45)34(19,48)30(44)24(18)28(42)23(17)27(20)41/h5-11,18-19,21,26,41,43-44,48H,4,12-15H2,1-3H3,(H2,35,46)(H,36,47)(H,39,40)/t18?,19?,21-,26?,34?/m0/s1. The number of aliphatic hydroxyl groups excluding tert-OH is 2. The van der Waals surface area contributed by atoms with Crippen LogP contribution in [0.2, 0.25) is 0 Å². The average molecular weight is 663 g/mol. The number of hydrogen-bond acceptors (Lipinski definition) is 11. The Labute approximate surface area is 275 Å². The minimum atomic E-state index is -2.78. The Balaban J connectivity index is 1.51. The average Bonchev–Trinajstić information content (AvgIpc) is 3.02. The van der Waals surface area contributed by atoms with E-state index in [9.17, 15) is 49.5 Å². The van der Waals surface area contributed by atoms with E-state index >= 15 is 0 Å². The molecule has 0 fully saturated rings. The summed E-state index contributed by atoms with van der Waals surface area (Å²) in [5.41, 5.74) is 2.11. The predicted octanol–water partition coefficient (Wildman–Crippen LogP) is 1.42. The summed E-state index contributed by atoms with van der Waals surface area (Å²) < 4.78 is 0. The summed E-state index contributed by atoms with van der Waals surface area (Å²) in [6.45, 7) is 2.38. The first-order valence-electron chi connectivity index (χ1n) is 15.4. The van der Waals surface area contributed by atoms with Crippen molar-refractivity contribution in [1.82, 2.24) is 9.80 Å². The van der Waals surface area contributed by atoms with Crippen LogP contribution in [0.3, 0.4) is 0 Å². The number of rotatable bonds is 10. The maximum absolute atomic E-state index is 14.0. The van der Waals surface area contributed by atoms with Crippen molar-refractivity contribution in [1.29, 1.82) is 0 Å². The number of primary amides is 1. The molecular weight excluding hydrogens is 624 g/mol. The lowest BCUT2D eigenvalue weighted by Crippen LogP contribution is -2.63. The molecule has 14 heteroatoms. The van der Waals surface area contributed by atoms with E-state index in [0.717, 1.165) is 5.56 Å². The third-order valence-corrected chi connectivity index (χ3v) is 9.60. The number of nitrogens with two attached hydrogens (primary N) is 1. The van der Waals surface area contributed by atoms with Gasteiger partial charge in [-0.15, -0.1) is 0 Å². The van der Waals surface area contributed by atoms with Gasteiger partial charge in [0, 0.05) is 18.0 Å². The molecule has 2 aromatic carbocycles. The van der Waals surface area contributed by atoms with Crippen LogP contribution in [0, 0.1) is 11.8 Å². The minimum Gasteiger partial charge on any atom is -0.510 e. The summed E-state index contributed by atoms with van der Waals surface area (Å²) >= 11 is 0. The molecule has 0 aliphatic heterocycles. The molecule has 14 nitrogen and oxygen atoms in total. The molecule has 3 aliphatic rings. The van der Waals surface area contributed by atoms with Crippen molar-refractivity contribution in [2.75, 3.05) is 26.0 Å². The highest BCUT2D eigenvalue weighted by Gasteiger charge is 2.63. The van der Waals surface area contributed by atoms with Crippen LogP contribution in [0.25, 0.3) is 0 Å². The predicted molar refractivity (Wildman–Crippen MR) is 171 cm³/mol. The van der Waals surface area contributed by atoms with Gasteiger partial charge in [-0.25, -0.2) is 0 Å². The number of aliphatic hydroxyl groups is 3. The van der Waals surface area contributed by atoms with Crippen molar-refractivity contribution in [3.8, 4) is 5.75 Å². The number of likely N-dealkylation sites (N-methyl/N-ethyl adjacent to an activating group) is 2. The summed E-state index contributed by atoms with van der Waals surface area (Å²) in [5.74, 6) is -9.73. The highest BCUT2D eigenvalue weighted by Crippen LogP contribution is 2.52. The quantitative estimate of drug-likeness (QED) is 0.142. The van der Waals surface area contributed by atoms with Gasteiger partial charge < -0.3 is 36.6 Å². The van der Waals surface area contributed by atoms with E-state index < -0.39 is 88.1 Å². The zero-order valence-corrected chi connectivity index (χ0v) is 26.6. The molecule has 0 bridgehead atoms. The number of fused-ring (bicyclic) bond motifs is 3. The Morgan fingerprint density at radius 1 is 1.06 bits per heavy atom. The van der Waals surface area contributed by atoms with Crippen molar-refractivity contribution < 1.29 is 49.5 Å². The monoisotopic (exact) mass is 662 g/mol. The summed E-state index contributed by atoms with van der Waals surface area (Å²) in [4.78, 5) is 68.1. The van der Waals surface area contributed by atoms with E-state index in [1.165, 1.54) is 17.0 Å². The number of nitrogens with zero attached hydrogens (tertiary/aromatic N) is 2. The number of phenols is 1. The van der Waals surface area contributed by atoms with Gasteiger partial charge in [0.25, 0.3) is 5.91 Å². The van der Waals surface area contributed by atoms with Crippen molar-refractivity contribution in [2.45, 2.75) is 50.4 Å². The first kappa shape index (κ1) is 34.3. The van der Waals surface area contributed by atoms with Crippen molar-refractivity contribution in [3.05, 3.63) is 81.8 Å². The van der Waals surface area contributed by atoms with Gasteiger partial charge in [-0.2, -0.15) is 0 Å². The van der Waals surface area contributed by atoms with Crippen molar-refractivity contribution in [2.24, 2.45) is 17.6 Å². The molecule has 5 atom stereocenters. The van der Waals surface area contributed by atoms with Gasteiger partial charge in [0.1, 0.15) is 23.1 Å². The Bertz CT molecular complexity index is 1770. The summed E-state index contributed by atoms with van der Waals surface area (Å²) in [6.07, 6.45) is -0.520. The molecule has 254 valence electrons. The van der Waals surface area contributed by atoms with Gasteiger partial charge in [0.05, 0.1) is 23.7 Å².